The summed E-state index contributed by atoms with van der Waals surface area (Å²) in [7, 11) is 0. The number of carbonyl (C=O) groups is 4. The molecule has 4 heteroatoms. The number of unbranched alkanes of at least 4 members (excludes halogenated alkanes) is 1. The Hall–Kier alpha value is -2.88. The van der Waals surface area contributed by atoms with Gasteiger partial charge in [-0.05, 0) is 101 Å². The number of hydrogen-bond donors (Lipinski definition) is 0. The molecular weight excluding hydrogens is 592 g/mol. The summed E-state index contributed by atoms with van der Waals surface area (Å²) < 4.78 is 0. The Kier molecular flexibility index (Phi) is 25.6. The largest absolute Gasteiger partial charge is 0.300 e. The van der Waals surface area contributed by atoms with Crippen LogP contribution in [0.5, 0.6) is 0 Å². The van der Waals surface area contributed by atoms with Crippen LogP contribution in [0.1, 0.15) is 156 Å². The molecule has 2 bridgehead atoms. The molecule has 2 fully saturated rings. The molecule has 0 heterocycles. The van der Waals surface area contributed by atoms with Gasteiger partial charge >= 0.3 is 0 Å². The van der Waals surface area contributed by atoms with E-state index < -0.39 is 0 Å². The Morgan fingerprint density at radius 2 is 1.19 bits per heavy atom. The quantitative estimate of drug-likeness (QED) is 0.263. The van der Waals surface area contributed by atoms with Gasteiger partial charge in [-0.15, -0.1) is 0 Å². The smallest absolute Gasteiger partial charge is 0.159 e. The molecule has 3 aliphatic rings. The zero-order valence-electron chi connectivity index (χ0n) is 30.6. The van der Waals surface area contributed by atoms with Gasteiger partial charge in [0.15, 0.2) is 5.78 Å². The van der Waals surface area contributed by atoms with Gasteiger partial charge in [-0.1, -0.05) is 130 Å². The van der Waals surface area contributed by atoms with Gasteiger partial charge in [-0.2, -0.15) is 0 Å². The standard InChI is InChI=1S/C14H18O.C11H18O.C8H8O.C6H12O.C3H8.2CH4/c1-3-11-8-12-6-4-5-7-13(12)9-14(11)10(2)15;1-3-10-8-4-5-9(6-8)11(10)7(2)12;1-7(9)8-5-3-2-4-6-8;1-3-4-5-6(2)7;1-3-2;;/h4-7,11,14H,3,8-9H2,1-2H3;8-11H,3-6H2,1-2H3;2-6H,1H3;3-5H2,1-2H3;3H2,1-2H3;2*1H4. The van der Waals surface area contributed by atoms with Gasteiger partial charge in [0, 0.05) is 23.8 Å². The molecule has 3 aliphatic carbocycles. The average molecular weight is 665 g/mol. The molecule has 2 saturated carbocycles. The molecule has 48 heavy (non-hydrogen) atoms. The fraction of sp³-hybridized carbons (Fsp3) is 0.636. The van der Waals surface area contributed by atoms with Gasteiger partial charge in [0.2, 0.25) is 0 Å². The number of Topliss-reactive ketones (excluding diaryl/α,β-unsaturated/α-hetero) is 4. The van der Waals surface area contributed by atoms with Crippen molar-refractivity contribution in [1.29, 1.82) is 0 Å². The SMILES string of the molecule is C.C.CC(=O)c1ccccc1.CCC.CCC1C2CCC(C2)C1C(C)=O.CCC1Cc2ccccc2CC1C(C)=O.CCCCC(C)=O. The molecule has 0 saturated heterocycles. The zero-order valence-corrected chi connectivity index (χ0v) is 30.6. The van der Waals surface area contributed by atoms with E-state index in [1.54, 1.807) is 27.7 Å². The molecule has 0 radical (unpaired) electrons. The summed E-state index contributed by atoms with van der Waals surface area (Å²) in [6, 6.07) is 17.8. The second-order valence-electron chi connectivity index (χ2n) is 13.5. The number of ketones is 4. The lowest BCUT2D eigenvalue weighted by Gasteiger charge is -2.30. The van der Waals surface area contributed by atoms with Crippen molar-refractivity contribution < 1.29 is 19.2 Å². The van der Waals surface area contributed by atoms with E-state index in [0.717, 1.165) is 61.8 Å². The summed E-state index contributed by atoms with van der Waals surface area (Å²) in [5.74, 6) is 4.88. The topological polar surface area (TPSA) is 68.3 Å². The fourth-order valence-corrected chi connectivity index (χ4v) is 7.42. The molecule has 0 spiro atoms. The predicted octanol–water partition coefficient (Wildman–Crippen LogP) is 12.0. The van der Waals surface area contributed by atoms with Crippen molar-refractivity contribution in [2.45, 2.75) is 148 Å². The Labute approximate surface area is 296 Å². The lowest BCUT2D eigenvalue weighted by Crippen LogP contribution is -2.30. The van der Waals surface area contributed by atoms with Crippen molar-refractivity contribution in [2.75, 3.05) is 0 Å². The highest BCUT2D eigenvalue weighted by molar-refractivity contribution is 5.93. The maximum absolute atomic E-state index is 11.6. The van der Waals surface area contributed by atoms with Gasteiger partial charge in [-0.25, -0.2) is 0 Å². The monoisotopic (exact) mass is 665 g/mol. The second kappa shape index (κ2) is 26.0. The van der Waals surface area contributed by atoms with Crippen LogP contribution in [0.3, 0.4) is 0 Å². The lowest BCUT2D eigenvalue weighted by molar-refractivity contribution is -0.124. The van der Waals surface area contributed by atoms with E-state index in [9.17, 15) is 19.2 Å². The van der Waals surface area contributed by atoms with Crippen LogP contribution in [0.25, 0.3) is 0 Å². The molecule has 6 unspecified atom stereocenters. The first-order chi connectivity index (χ1) is 21.9. The zero-order chi connectivity index (χ0) is 34.6. The Balaban J connectivity index is 0. The Bertz CT molecular complexity index is 1180. The van der Waals surface area contributed by atoms with Crippen LogP contribution >= 0.6 is 0 Å². The third kappa shape index (κ3) is 16.0. The highest BCUT2D eigenvalue weighted by Gasteiger charge is 2.48. The van der Waals surface area contributed by atoms with Crippen LogP contribution in [0.15, 0.2) is 54.6 Å². The minimum atomic E-state index is 0. The van der Waals surface area contributed by atoms with E-state index >= 15 is 0 Å². The molecule has 0 amide bonds. The molecular formula is C44H72O4. The van der Waals surface area contributed by atoms with Crippen molar-refractivity contribution in [3.63, 3.8) is 0 Å². The lowest BCUT2D eigenvalue weighted by atomic mass is 9.73. The van der Waals surface area contributed by atoms with Gasteiger partial charge in [0.05, 0.1) is 0 Å². The summed E-state index contributed by atoms with van der Waals surface area (Å²) in [5.41, 5.74) is 3.60. The number of fused-ring (bicyclic) bond motifs is 3. The fourth-order valence-electron chi connectivity index (χ4n) is 7.42. The summed E-state index contributed by atoms with van der Waals surface area (Å²) in [4.78, 5) is 43.8. The summed E-state index contributed by atoms with van der Waals surface area (Å²) in [5, 5.41) is 0. The molecule has 0 aliphatic heterocycles. The Morgan fingerprint density at radius 1 is 0.667 bits per heavy atom. The first kappa shape index (κ1) is 47.2. The van der Waals surface area contributed by atoms with E-state index in [4.69, 9.17) is 0 Å². The van der Waals surface area contributed by atoms with Gasteiger partial charge in [0.25, 0.3) is 0 Å². The highest BCUT2D eigenvalue weighted by Crippen LogP contribution is 2.53. The van der Waals surface area contributed by atoms with Crippen LogP contribution in [-0.2, 0) is 27.2 Å². The van der Waals surface area contributed by atoms with Crippen molar-refractivity contribution in [2.24, 2.45) is 35.5 Å². The minimum Gasteiger partial charge on any atom is -0.300 e. The third-order valence-corrected chi connectivity index (χ3v) is 9.75. The molecule has 2 aromatic carbocycles. The first-order valence-corrected chi connectivity index (χ1v) is 18.1. The number of carbonyl (C=O) groups excluding carboxylic acids is 4. The van der Waals surface area contributed by atoms with Gasteiger partial charge in [-0.3, -0.25) is 14.4 Å². The van der Waals surface area contributed by atoms with Crippen LogP contribution < -0.4 is 0 Å². The van der Waals surface area contributed by atoms with Gasteiger partial charge in [0.1, 0.15) is 17.3 Å². The van der Waals surface area contributed by atoms with E-state index in [0.29, 0.717) is 29.2 Å². The van der Waals surface area contributed by atoms with Crippen molar-refractivity contribution in [1.82, 2.24) is 0 Å². The molecule has 0 aromatic heterocycles. The van der Waals surface area contributed by atoms with Crippen LogP contribution in [-0.4, -0.2) is 23.1 Å². The molecule has 2 aromatic rings. The molecule has 4 nitrogen and oxygen atoms in total. The summed E-state index contributed by atoms with van der Waals surface area (Å²) in [6.45, 7) is 17.5. The molecule has 5 rings (SSSR count). The summed E-state index contributed by atoms with van der Waals surface area (Å²) >= 11 is 0. The normalized spacial score (nSPS) is 22.4. The second-order valence-corrected chi connectivity index (χ2v) is 13.5. The van der Waals surface area contributed by atoms with E-state index in [1.807, 2.05) is 30.3 Å². The number of benzene rings is 2. The third-order valence-electron chi connectivity index (χ3n) is 9.75. The number of rotatable bonds is 8. The highest BCUT2D eigenvalue weighted by atomic mass is 16.1. The minimum absolute atomic E-state index is 0. The van der Waals surface area contributed by atoms with E-state index in [1.165, 1.54) is 43.2 Å². The average Bonchev–Trinajstić information content (AvgIpc) is 3.67. The molecule has 6 atom stereocenters. The number of hydrogen-bond acceptors (Lipinski definition) is 4. The Morgan fingerprint density at radius 3 is 1.56 bits per heavy atom. The van der Waals surface area contributed by atoms with Crippen molar-refractivity contribution >= 4 is 23.1 Å². The van der Waals surface area contributed by atoms with Crippen molar-refractivity contribution in [3.05, 3.63) is 71.3 Å². The van der Waals surface area contributed by atoms with E-state index in [2.05, 4.69) is 58.9 Å². The van der Waals surface area contributed by atoms with E-state index in [-0.39, 0.29) is 26.6 Å². The molecule has 272 valence electrons. The maximum atomic E-state index is 11.6. The first-order valence-electron chi connectivity index (χ1n) is 18.1. The maximum Gasteiger partial charge on any atom is 0.159 e. The molecule has 0 N–H and O–H groups in total. The van der Waals surface area contributed by atoms with Crippen LogP contribution in [0.4, 0.5) is 0 Å². The van der Waals surface area contributed by atoms with Crippen LogP contribution in [0.2, 0.25) is 0 Å². The summed E-state index contributed by atoms with van der Waals surface area (Å²) in [6.07, 6.45) is 12.6. The van der Waals surface area contributed by atoms with Gasteiger partial charge < -0.3 is 4.79 Å². The predicted molar refractivity (Wildman–Crippen MR) is 207 cm³/mol. The van der Waals surface area contributed by atoms with Crippen LogP contribution in [0, 0.1) is 35.5 Å². The van der Waals surface area contributed by atoms with Crippen molar-refractivity contribution in [3.8, 4) is 0 Å².